The van der Waals surface area contributed by atoms with Crippen LogP contribution in [0, 0.1) is 6.92 Å². The van der Waals surface area contributed by atoms with Gasteiger partial charge in [-0.2, -0.15) is 0 Å². The fourth-order valence-electron chi connectivity index (χ4n) is 1.93. The van der Waals surface area contributed by atoms with Crippen LogP contribution in [0.3, 0.4) is 0 Å². The Kier molecular flexibility index (Phi) is 4.47. The molecular weight excluding hydrogens is 292 g/mol. The van der Waals surface area contributed by atoms with Gasteiger partial charge in [-0.05, 0) is 48.9 Å². The zero-order valence-electron chi connectivity index (χ0n) is 11.2. The molecule has 2 rings (SSSR count). The number of halogens is 1. The second-order valence-corrected chi connectivity index (χ2v) is 5.22. The maximum atomic E-state index is 6.10. The molecule has 0 saturated heterocycles. The van der Waals surface area contributed by atoms with E-state index in [-0.39, 0.29) is 0 Å². The summed E-state index contributed by atoms with van der Waals surface area (Å²) >= 11 is 11.1. The minimum absolute atomic E-state index is 0.404. The third kappa shape index (κ3) is 3.21. The van der Waals surface area contributed by atoms with Crippen molar-refractivity contribution in [1.29, 1.82) is 0 Å². The third-order valence-corrected chi connectivity index (χ3v) is 3.45. The van der Waals surface area contributed by atoms with Crippen molar-refractivity contribution >= 4 is 40.2 Å². The second-order valence-electron chi connectivity index (χ2n) is 4.37. The average Bonchev–Trinajstić information content (AvgIpc) is 2.38. The summed E-state index contributed by atoms with van der Waals surface area (Å²) in [6, 6.07) is 11.4. The molecule has 0 spiro atoms. The molecule has 3 N–H and O–H groups in total. The largest absolute Gasteiger partial charge is 0.495 e. The molecule has 0 unspecified atom stereocenters. The van der Waals surface area contributed by atoms with E-state index in [1.54, 1.807) is 7.11 Å². The lowest BCUT2D eigenvalue weighted by atomic mass is 10.1. The Balaban J connectivity index is 2.24. The predicted octanol–water partition coefficient (Wildman–Crippen LogP) is 4.03. The van der Waals surface area contributed by atoms with Crippen molar-refractivity contribution in [2.45, 2.75) is 6.92 Å². The molecule has 5 heteroatoms. The molecular formula is C15H15ClN2OS. The lowest BCUT2D eigenvalue weighted by Gasteiger charge is -2.11. The summed E-state index contributed by atoms with van der Waals surface area (Å²) < 4.78 is 5.12. The van der Waals surface area contributed by atoms with E-state index >= 15 is 0 Å². The highest BCUT2D eigenvalue weighted by Gasteiger charge is 2.05. The Morgan fingerprint density at radius 2 is 1.85 bits per heavy atom. The van der Waals surface area contributed by atoms with E-state index in [0.29, 0.717) is 15.8 Å². The van der Waals surface area contributed by atoms with Crippen molar-refractivity contribution < 1.29 is 4.74 Å². The minimum Gasteiger partial charge on any atom is -0.495 e. The van der Waals surface area contributed by atoms with Crippen molar-refractivity contribution in [1.82, 2.24) is 0 Å². The van der Waals surface area contributed by atoms with Crippen molar-refractivity contribution in [2.75, 3.05) is 12.4 Å². The maximum Gasteiger partial charge on any atom is 0.137 e. The Morgan fingerprint density at radius 1 is 1.20 bits per heavy atom. The number of anilines is 2. The fraction of sp³-hybridized carbons (Fsp3) is 0.133. The monoisotopic (exact) mass is 306 g/mol. The molecule has 0 atom stereocenters. The first kappa shape index (κ1) is 14.6. The number of hydrogen-bond donors (Lipinski definition) is 2. The molecule has 0 saturated carbocycles. The summed E-state index contributed by atoms with van der Waals surface area (Å²) in [5.74, 6) is 0.650. The predicted molar refractivity (Wildman–Crippen MR) is 88.4 cm³/mol. The van der Waals surface area contributed by atoms with E-state index in [1.807, 2.05) is 43.3 Å². The first-order chi connectivity index (χ1) is 9.51. The van der Waals surface area contributed by atoms with Gasteiger partial charge in [-0.3, -0.25) is 0 Å². The van der Waals surface area contributed by atoms with Gasteiger partial charge in [0.15, 0.2) is 0 Å². The van der Waals surface area contributed by atoms with Crippen LogP contribution in [0.25, 0.3) is 0 Å². The maximum absolute atomic E-state index is 6.10. The molecule has 2 aromatic rings. The third-order valence-electron chi connectivity index (χ3n) is 2.93. The highest BCUT2D eigenvalue weighted by Crippen LogP contribution is 2.29. The normalized spacial score (nSPS) is 10.2. The van der Waals surface area contributed by atoms with Gasteiger partial charge in [0.05, 0.1) is 12.1 Å². The molecule has 0 bridgehead atoms. The number of methoxy groups -OCH3 is 1. The molecule has 0 aliphatic carbocycles. The molecule has 104 valence electrons. The highest BCUT2D eigenvalue weighted by atomic mass is 35.5. The summed E-state index contributed by atoms with van der Waals surface area (Å²) in [6.07, 6.45) is 0. The van der Waals surface area contributed by atoms with Gasteiger partial charge in [-0.25, -0.2) is 0 Å². The molecule has 3 nitrogen and oxygen atoms in total. The summed E-state index contributed by atoms with van der Waals surface area (Å²) in [5, 5.41) is 3.84. The molecule has 20 heavy (non-hydrogen) atoms. The second kappa shape index (κ2) is 6.11. The lowest BCUT2D eigenvalue weighted by Crippen LogP contribution is -2.11. The molecule has 0 radical (unpaired) electrons. The van der Waals surface area contributed by atoms with Gasteiger partial charge in [0.25, 0.3) is 0 Å². The van der Waals surface area contributed by atoms with E-state index < -0.39 is 0 Å². The van der Waals surface area contributed by atoms with Crippen LogP contribution in [0.2, 0.25) is 5.02 Å². The molecule has 0 aromatic heterocycles. The van der Waals surface area contributed by atoms with Crippen molar-refractivity contribution in [3.63, 3.8) is 0 Å². The number of nitrogens with two attached hydrogens (primary N) is 1. The highest BCUT2D eigenvalue weighted by molar-refractivity contribution is 7.80. The molecule has 2 aromatic carbocycles. The van der Waals surface area contributed by atoms with Crippen LogP contribution in [0.5, 0.6) is 5.75 Å². The number of aryl methyl sites for hydroxylation is 1. The fourth-order valence-corrected chi connectivity index (χ4v) is 2.42. The summed E-state index contributed by atoms with van der Waals surface area (Å²) in [5.41, 5.74) is 9.40. The van der Waals surface area contributed by atoms with Crippen LogP contribution in [-0.4, -0.2) is 12.1 Å². The topological polar surface area (TPSA) is 47.3 Å². The Bertz CT molecular complexity index is 658. The number of benzene rings is 2. The van der Waals surface area contributed by atoms with E-state index in [0.717, 1.165) is 22.5 Å². The standard InChI is InChI=1S/C15H15ClN2OS/c1-9-7-10(3-5-12(9)15(17)20)18-11-4-6-14(19-2)13(16)8-11/h3-8,18H,1-2H3,(H2,17,20). The van der Waals surface area contributed by atoms with Gasteiger partial charge >= 0.3 is 0 Å². The van der Waals surface area contributed by atoms with Gasteiger partial charge in [-0.1, -0.05) is 23.8 Å². The smallest absolute Gasteiger partial charge is 0.137 e. The van der Waals surface area contributed by atoms with Crippen LogP contribution in [0.1, 0.15) is 11.1 Å². The molecule has 0 heterocycles. The van der Waals surface area contributed by atoms with Crippen LogP contribution in [0.4, 0.5) is 11.4 Å². The van der Waals surface area contributed by atoms with E-state index in [4.69, 9.17) is 34.3 Å². The summed E-state index contributed by atoms with van der Waals surface area (Å²) in [4.78, 5) is 0.404. The molecule has 0 fully saturated rings. The van der Waals surface area contributed by atoms with Crippen LogP contribution in [0.15, 0.2) is 36.4 Å². The van der Waals surface area contributed by atoms with Gasteiger partial charge in [0, 0.05) is 16.9 Å². The van der Waals surface area contributed by atoms with Crippen molar-refractivity contribution in [2.24, 2.45) is 5.73 Å². The van der Waals surface area contributed by atoms with Crippen molar-refractivity contribution in [3.05, 3.63) is 52.5 Å². The number of rotatable bonds is 4. The van der Waals surface area contributed by atoms with Gasteiger partial charge in [-0.15, -0.1) is 0 Å². The zero-order valence-corrected chi connectivity index (χ0v) is 12.8. The van der Waals surface area contributed by atoms with Gasteiger partial charge < -0.3 is 15.8 Å². The number of hydrogen-bond acceptors (Lipinski definition) is 3. The quantitative estimate of drug-likeness (QED) is 0.837. The number of ether oxygens (including phenoxy) is 1. The molecule has 0 aliphatic rings. The first-order valence-electron chi connectivity index (χ1n) is 6.02. The van der Waals surface area contributed by atoms with E-state index in [9.17, 15) is 0 Å². The Morgan fingerprint density at radius 3 is 2.40 bits per heavy atom. The van der Waals surface area contributed by atoms with Crippen LogP contribution in [-0.2, 0) is 0 Å². The number of thiocarbonyl (C=S) groups is 1. The van der Waals surface area contributed by atoms with Crippen LogP contribution < -0.4 is 15.8 Å². The van der Waals surface area contributed by atoms with Gasteiger partial charge in [0.2, 0.25) is 0 Å². The Hall–Kier alpha value is -1.78. The SMILES string of the molecule is COc1ccc(Nc2ccc(C(N)=S)c(C)c2)cc1Cl. The van der Waals surface area contributed by atoms with E-state index in [1.165, 1.54) is 0 Å². The van der Waals surface area contributed by atoms with Crippen molar-refractivity contribution in [3.8, 4) is 5.75 Å². The minimum atomic E-state index is 0.404. The van der Waals surface area contributed by atoms with Gasteiger partial charge in [0.1, 0.15) is 10.7 Å². The first-order valence-corrected chi connectivity index (χ1v) is 6.81. The summed E-state index contributed by atoms with van der Waals surface area (Å²) in [7, 11) is 1.59. The average molecular weight is 307 g/mol. The van der Waals surface area contributed by atoms with E-state index in [2.05, 4.69) is 5.32 Å². The van der Waals surface area contributed by atoms with Crippen LogP contribution >= 0.6 is 23.8 Å². The lowest BCUT2D eigenvalue weighted by molar-refractivity contribution is 0.415. The zero-order chi connectivity index (χ0) is 14.7. The molecule has 0 aliphatic heterocycles. The summed E-state index contributed by atoms with van der Waals surface area (Å²) in [6.45, 7) is 1.97. The Labute approximate surface area is 128 Å². The number of nitrogens with one attached hydrogen (secondary N) is 1. The molecule has 0 amide bonds.